The van der Waals surface area contributed by atoms with Crippen molar-refractivity contribution in [1.82, 2.24) is 5.32 Å². The monoisotopic (exact) mass is 510 g/mol. The summed E-state index contributed by atoms with van der Waals surface area (Å²) in [6.07, 6.45) is 3.85. The minimum Gasteiger partial charge on any atom is -0.493 e. The summed E-state index contributed by atoms with van der Waals surface area (Å²) in [5.41, 5.74) is 1.66. The maximum atomic E-state index is 12.6. The molecule has 0 spiro atoms. The van der Waals surface area contributed by atoms with Gasteiger partial charge in [-0.2, -0.15) is 0 Å². The number of carbonyl (C=O) groups excluding carboxylic acids is 1. The van der Waals surface area contributed by atoms with Crippen molar-refractivity contribution in [3.8, 4) is 11.5 Å². The molecule has 0 bridgehead atoms. The number of unbranched alkanes of at least 4 members (excludes halogenated alkanes) is 1. The number of rotatable bonds is 7. The highest BCUT2D eigenvalue weighted by Gasteiger charge is 2.24. The Kier molecular flexibility index (Phi) is 7.17. The van der Waals surface area contributed by atoms with Crippen LogP contribution >= 0.6 is 27.7 Å². The molecule has 1 fully saturated rings. The molecule has 1 aliphatic rings. The second-order valence-corrected chi connectivity index (χ2v) is 9.10. The first-order chi connectivity index (χ1) is 15.6. The first-order valence-corrected chi connectivity index (χ1v) is 12.0. The van der Waals surface area contributed by atoms with Gasteiger partial charge in [-0.05, 0) is 69.3 Å². The van der Waals surface area contributed by atoms with Gasteiger partial charge in [-0.15, -0.1) is 0 Å². The van der Waals surface area contributed by atoms with Crippen LogP contribution in [0.3, 0.4) is 0 Å². The van der Waals surface area contributed by atoms with Gasteiger partial charge in [0.25, 0.3) is 5.91 Å². The maximum absolute atomic E-state index is 12.6. The molecule has 0 unspecified atom stereocenters. The largest absolute Gasteiger partial charge is 0.493 e. The number of ether oxygens (including phenoxy) is 2. The van der Waals surface area contributed by atoms with Crippen LogP contribution in [-0.4, -0.2) is 24.8 Å². The Balaban J connectivity index is 1.59. The zero-order valence-electron chi connectivity index (χ0n) is 17.9. The fourth-order valence-electron chi connectivity index (χ4n) is 3.33. The van der Waals surface area contributed by atoms with Crippen LogP contribution in [0.4, 0.5) is 5.69 Å². The quantitative estimate of drug-likeness (QED) is 0.284. The van der Waals surface area contributed by atoms with Crippen LogP contribution in [-0.2, 0) is 4.79 Å². The first kappa shape index (κ1) is 22.4. The minimum absolute atomic E-state index is 0.174. The van der Waals surface area contributed by atoms with Gasteiger partial charge >= 0.3 is 0 Å². The van der Waals surface area contributed by atoms with Gasteiger partial charge in [0.2, 0.25) is 0 Å². The number of hydrogen-bond donors (Lipinski definition) is 1. The summed E-state index contributed by atoms with van der Waals surface area (Å²) >= 11 is 4.89. The number of carbonyl (C=O) groups is 1. The van der Waals surface area contributed by atoms with Crippen LogP contribution in [0.25, 0.3) is 16.8 Å². The van der Waals surface area contributed by atoms with Crippen molar-refractivity contribution in [2.24, 2.45) is 4.99 Å². The zero-order valence-corrected chi connectivity index (χ0v) is 20.3. The second-order valence-electron chi connectivity index (χ2n) is 7.22. The number of aliphatic imine (C=N–C) groups is 1. The molecule has 164 valence electrons. The zero-order chi connectivity index (χ0) is 22.5. The number of halogens is 1. The SMILES string of the molecule is CCCCOc1c(Br)cc(C=C2SC(=Nc3cccc4ccccc34)NC2=O)cc1OC. The van der Waals surface area contributed by atoms with Gasteiger partial charge in [0, 0.05) is 5.39 Å². The average Bonchev–Trinajstić information content (AvgIpc) is 3.13. The van der Waals surface area contributed by atoms with Gasteiger partial charge in [0.05, 0.1) is 28.8 Å². The lowest BCUT2D eigenvalue weighted by atomic mass is 10.1. The van der Waals surface area contributed by atoms with E-state index in [0.717, 1.165) is 39.3 Å². The summed E-state index contributed by atoms with van der Waals surface area (Å²) in [6.45, 7) is 2.74. The lowest BCUT2D eigenvalue weighted by molar-refractivity contribution is -0.115. The number of amides is 1. The molecule has 3 aromatic carbocycles. The Morgan fingerprint density at radius 2 is 1.97 bits per heavy atom. The third-order valence-corrected chi connectivity index (χ3v) is 6.43. The third-order valence-electron chi connectivity index (χ3n) is 4.93. The molecule has 0 aliphatic carbocycles. The Morgan fingerprint density at radius 1 is 1.16 bits per heavy atom. The van der Waals surface area contributed by atoms with E-state index in [0.29, 0.717) is 28.2 Å². The number of amidine groups is 1. The molecular formula is C25H23BrN2O3S. The second kappa shape index (κ2) is 10.2. The van der Waals surface area contributed by atoms with Crippen LogP contribution < -0.4 is 14.8 Å². The summed E-state index contributed by atoms with van der Waals surface area (Å²) in [4.78, 5) is 17.8. The van der Waals surface area contributed by atoms with Crippen molar-refractivity contribution in [3.05, 3.63) is 69.5 Å². The number of nitrogens with one attached hydrogen (secondary N) is 1. The molecule has 0 saturated carbocycles. The topological polar surface area (TPSA) is 59.9 Å². The van der Waals surface area contributed by atoms with Crippen molar-refractivity contribution in [2.75, 3.05) is 13.7 Å². The number of benzene rings is 3. The molecular weight excluding hydrogens is 488 g/mol. The molecule has 3 aromatic rings. The standard InChI is InChI=1S/C25H23BrN2O3S/c1-3-4-12-31-23-19(26)13-16(14-21(23)30-2)15-22-24(29)28-25(32-22)27-20-11-7-9-17-8-5-6-10-18(17)20/h5-11,13-15H,3-4,12H2,1-2H3,(H,27,28,29). The molecule has 1 N–H and O–H groups in total. The van der Waals surface area contributed by atoms with Gasteiger partial charge in [-0.25, -0.2) is 4.99 Å². The number of hydrogen-bond acceptors (Lipinski definition) is 5. The lowest BCUT2D eigenvalue weighted by Gasteiger charge is -2.13. The van der Waals surface area contributed by atoms with Gasteiger partial charge in [0.1, 0.15) is 0 Å². The Hall–Kier alpha value is -2.77. The summed E-state index contributed by atoms with van der Waals surface area (Å²) in [5, 5.41) is 5.58. The highest BCUT2D eigenvalue weighted by molar-refractivity contribution is 9.10. The predicted molar refractivity (Wildman–Crippen MR) is 136 cm³/mol. The van der Waals surface area contributed by atoms with Gasteiger partial charge in [-0.1, -0.05) is 49.7 Å². The first-order valence-electron chi connectivity index (χ1n) is 10.4. The number of methoxy groups -OCH3 is 1. The average molecular weight is 511 g/mol. The fraction of sp³-hybridized carbons (Fsp3) is 0.200. The van der Waals surface area contributed by atoms with E-state index >= 15 is 0 Å². The van der Waals surface area contributed by atoms with Crippen molar-refractivity contribution in [2.45, 2.75) is 19.8 Å². The summed E-state index contributed by atoms with van der Waals surface area (Å²) in [6, 6.07) is 17.8. The molecule has 0 aromatic heterocycles. The molecule has 1 saturated heterocycles. The van der Waals surface area contributed by atoms with Gasteiger partial charge in [-0.3, -0.25) is 4.79 Å². The van der Waals surface area contributed by atoms with Crippen molar-refractivity contribution in [1.29, 1.82) is 0 Å². The van der Waals surface area contributed by atoms with Crippen LogP contribution in [0.2, 0.25) is 0 Å². The summed E-state index contributed by atoms with van der Waals surface area (Å²) in [7, 11) is 1.61. The van der Waals surface area contributed by atoms with Crippen molar-refractivity contribution in [3.63, 3.8) is 0 Å². The maximum Gasteiger partial charge on any atom is 0.264 e. The number of fused-ring (bicyclic) bond motifs is 1. The smallest absolute Gasteiger partial charge is 0.264 e. The van der Waals surface area contributed by atoms with Crippen LogP contribution in [0.5, 0.6) is 11.5 Å². The van der Waals surface area contributed by atoms with Crippen LogP contribution in [0, 0.1) is 0 Å². The highest BCUT2D eigenvalue weighted by Crippen LogP contribution is 2.38. The van der Waals surface area contributed by atoms with Crippen LogP contribution in [0.1, 0.15) is 25.3 Å². The Bertz CT molecular complexity index is 1220. The molecule has 4 rings (SSSR count). The fourth-order valence-corrected chi connectivity index (χ4v) is 4.74. The summed E-state index contributed by atoms with van der Waals surface area (Å²) in [5.74, 6) is 1.12. The number of nitrogens with zero attached hydrogens (tertiary/aromatic N) is 1. The predicted octanol–water partition coefficient (Wildman–Crippen LogP) is 6.68. The van der Waals surface area contributed by atoms with E-state index in [1.54, 1.807) is 7.11 Å². The highest BCUT2D eigenvalue weighted by atomic mass is 79.9. The van der Waals surface area contributed by atoms with E-state index in [1.165, 1.54) is 11.8 Å². The number of thioether (sulfide) groups is 1. The molecule has 32 heavy (non-hydrogen) atoms. The van der Waals surface area contributed by atoms with E-state index in [4.69, 9.17) is 9.47 Å². The molecule has 1 heterocycles. The van der Waals surface area contributed by atoms with Gasteiger partial charge in [0.15, 0.2) is 16.7 Å². The molecule has 1 aliphatic heterocycles. The van der Waals surface area contributed by atoms with Crippen molar-refractivity contribution < 1.29 is 14.3 Å². The molecule has 0 radical (unpaired) electrons. The normalized spacial score (nSPS) is 16.0. The van der Waals surface area contributed by atoms with E-state index in [1.807, 2.05) is 60.7 Å². The molecule has 1 amide bonds. The summed E-state index contributed by atoms with van der Waals surface area (Å²) < 4.78 is 12.2. The van der Waals surface area contributed by atoms with Crippen molar-refractivity contribution >= 4 is 61.3 Å². The van der Waals surface area contributed by atoms with Gasteiger partial charge < -0.3 is 14.8 Å². The van der Waals surface area contributed by atoms with E-state index in [-0.39, 0.29) is 5.91 Å². The molecule has 7 heteroatoms. The van der Waals surface area contributed by atoms with Crippen LogP contribution in [0.15, 0.2) is 69.0 Å². The van der Waals surface area contributed by atoms with E-state index in [9.17, 15) is 4.79 Å². The molecule has 5 nitrogen and oxygen atoms in total. The van der Waals surface area contributed by atoms with E-state index < -0.39 is 0 Å². The van der Waals surface area contributed by atoms with E-state index in [2.05, 4.69) is 33.2 Å². The Morgan fingerprint density at radius 3 is 2.78 bits per heavy atom. The third kappa shape index (κ3) is 5.00. The lowest BCUT2D eigenvalue weighted by Crippen LogP contribution is -2.19. The minimum atomic E-state index is -0.174. The molecule has 0 atom stereocenters. The Labute approximate surface area is 200 Å².